The van der Waals surface area contributed by atoms with Gasteiger partial charge in [0, 0.05) is 10.5 Å². The highest BCUT2D eigenvalue weighted by molar-refractivity contribution is 5.89. The van der Waals surface area contributed by atoms with Crippen molar-refractivity contribution in [2.45, 2.75) is 12.7 Å². The van der Waals surface area contributed by atoms with E-state index in [4.69, 9.17) is 4.74 Å². The number of hydrogen-bond donors (Lipinski definition) is 0. The molecule has 0 N–H and O–H groups in total. The molecule has 2 aromatic rings. The summed E-state index contributed by atoms with van der Waals surface area (Å²) in [6.07, 6.45) is -4.56. The molecule has 0 aromatic heterocycles. The third-order valence-electron chi connectivity index (χ3n) is 2.86. The Bertz CT molecular complexity index is 668. The molecule has 2 rings (SSSR count). The van der Waals surface area contributed by atoms with Crippen molar-refractivity contribution >= 4 is 10.8 Å². The number of fused-ring (bicyclic) bond motifs is 1. The molecule has 20 heavy (non-hydrogen) atoms. The lowest BCUT2D eigenvalue weighted by Gasteiger charge is -2.15. The van der Waals surface area contributed by atoms with Crippen molar-refractivity contribution in [2.24, 2.45) is 0 Å². The molecular formula is C13H10F3NO3. The minimum Gasteiger partial charge on any atom is -0.496 e. The van der Waals surface area contributed by atoms with E-state index in [1.807, 2.05) is 0 Å². The fourth-order valence-electron chi connectivity index (χ4n) is 2.07. The summed E-state index contributed by atoms with van der Waals surface area (Å²) in [6, 6.07) is 6.60. The maximum absolute atomic E-state index is 13.1. The van der Waals surface area contributed by atoms with Crippen LogP contribution in [0.15, 0.2) is 30.3 Å². The summed E-state index contributed by atoms with van der Waals surface area (Å²) < 4.78 is 44.0. The number of nitrogens with zero attached hydrogens (tertiary/aromatic N) is 1. The minimum absolute atomic E-state index is 0.0380. The van der Waals surface area contributed by atoms with Crippen molar-refractivity contribution in [2.75, 3.05) is 7.11 Å². The zero-order chi connectivity index (χ0) is 14.9. The quantitative estimate of drug-likeness (QED) is 0.639. The normalized spacial score (nSPS) is 11.6. The van der Waals surface area contributed by atoms with E-state index in [1.165, 1.54) is 30.3 Å². The van der Waals surface area contributed by atoms with Crippen LogP contribution in [0.1, 0.15) is 11.1 Å². The second kappa shape index (κ2) is 4.99. The number of rotatable bonds is 3. The summed E-state index contributed by atoms with van der Waals surface area (Å²) in [7, 11) is 1.16. The van der Waals surface area contributed by atoms with Gasteiger partial charge in [0.15, 0.2) is 0 Å². The molecule has 0 aliphatic carbocycles. The molecule has 0 amide bonds. The van der Waals surface area contributed by atoms with E-state index in [9.17, 15) is 23.3 Å². The fourth-order valence-corrected chi connectivity index (χ4v) is 2.07. The molecular weight excluding hydrogens is 275 g/mol. The van der Waals surface area contributed by atoms with Crippen LogP contribution in [0.4, 0.5) is 13.2 Å². The smallest absolute Gasteiger partial charge is 0.420 e. The van der Waals surface area contributed by atoms with Crippen LogP contribution < -0.4 is 4.74 Å². The number of nitro groups is 1. The van der Waals surface area contributed by atoms with Crippen LogP contribution in [0.3, 0.4) is 0 Å². The molecule has 2 aromatic carbocycles. The third-order valence-corrected chi connectivity index (χ3v) is 2.86. The Kier molecular flexibility index (Phi) is 3.52. The van der Waals surface area contributed by atoms with Gasteiger partial charge in [-0.25, -0.2) is 0 Å². The fraction of sp³-hybridized carbons (Fsp3) is 0.231. The van der Waals surface area contributed by atoms with E-state index < -0.39 is 23.2 Å². The summed E-state index contributed by atoms with van der Waals surface area (Å²) >= 11 is 0. The Morgan fingerprint density at radius 1 is 1.25 bits per heavy atom. The van der Waals surface area contributed by atoms with Crippen LogP contribution >= 0.6 is 0 Å². The van der Waals surface area contributed by atoms with Gasteiger partial charge in [0.2, 0.25) is 6.54 Å². The largest absolute Gasteiger partial charge is 0.496 e. The molecule has 0 unspecified atom stereocenters. The van der Waals surface area contributed by atoms with E-state index in [0.29, 0.717) is 5.56 Å². The molecule has 0 aliphatic rings. The number of ether oxygens (including phenoxy) is 1. The zero-order valence-electron chi connectivity index (χ0n) is 10.4. The Balaban J connectivity index is 2.66. The number of benzene rings is 2. The predicted octanol–water partition coefficient (Wildman–Crippen LogP) is 3.64. The van der Waals surface area contributed by atoms with Gasteiger partial charge in [-0.15, -0.1) is 0 Å². The molecule has 0 bridgehead atoms. The van der Waals surface area contributed by atoms with Crippen LogP contribution in [0.2, 0.25) is 0 Å². The molecule has 0 heterocycles. The Morgan fingerprint density at radius 3 is 2.50 bits per heavy atom. The first-order valence-corrected chi connectivity index (χ1v) is 5.61. The second-order valence-corrected chi connectivity index (χ2v) is 4.19. The summed E-state index contributed by atoms with van der Waals surface area (Å²) in [5.74, 6) is -0.271. The molecule has 0 radical (unpaired) electrons. The highest BCUT2D eigenvalue weighted by Gasteiger charge is 2.36. The lowest BCUT2D eigenvalue weighted by molar-refractivity contribution is -0.496. The molecule has 0 aliphatic heterocycles. The lowest BCUT2D eigenvalue weighted by atomic mass is 10.0. The van der Waals surface area contributed by atoms with Gasteiger partial charge in [-0.1, -0.05) is 18.2 Å². The molecule has 106 valence electrons. The Hall–Kier alpha value is -2.31. The first-order valence-electron chi connectivity index (χ1n) is 5.61. The highest BCUT2D eigenvalue weighted by atomic mass is 19.4. The van der Waals surface area contributed by atoms with Gasteiger partial charge < -0.3 is 4.74 Å². The topological polar surface area (TPSA) is 52.4 Å². The maximum atomic E-state index is 13.1. The summed E-state index contributed by atoms with van der Waals surface area (Å²) in [6.45, 7) is -0.427. The first-order chi connectivity index (χ1) is 9.32. The van der Waals surface area contributed by atoms with Gasteiger partial charge >= 0.3 is 6.18 Å². The molecule has 0 spiro atoms. The number of alkyl halides is 3. The van der Waals surface area contributed by atoms with Gasteiger partial charge in [-0.3, -0.25) is 10.1 Å². The predicted molar refractivity (Wildman–Crippen MR) is 66.2 cm³/mol. The minimum atomic E-state index is -4.56. The molecule has 0 atom stereocenters. The molecule has 0 saturated heterocycles. The van der Waals surface area contributed by atoms with Gasteiger partial charge in [0.05, 0.1) is 7.11 Å². The molecule has 0 fully saturated rings. The summed E-state index contributed by atoms with van der Waals surface area (Å²) in [5, 5.41) is 10.7. The van der Waals surface area contributed by atoms with Gasteiger partial charge in [0.25, 0.3) is 0 Å². The summed E-state index contributed by atoms with van der Waals surface area (Å²) in [4.78, 5) is 9.90. The third kappa shape index (κ3) is 2.66. The van der Waals surface area contributed by atoms with Crippen molar-refractivity contribution in [3.05, 3.63) is 51.6 Å². The molecule has 0 saturated carbocycles. The van der Waals surface area contributed by atoms with Crippen LogP contribution in [0.25, 0.3) is 10.8 Å². The zero-order valence-corrected chi connectivity index (χ0v) is 10.4. The second-order valence-electron chi connectivity index (χ2n) is 4.19. The number of halogens is 3. The van der Waals surface area contributed by atoms with Crippen molar-refractivity contribution < 1.29 is 22.8 Å². The lowest BCUT2D eigenvalue weighted by Crippen LogP contribution is -2.08. The average Bonchev–Trinajstić information content (AvgIpc) is 2.35. The van der Waals surface area contributed by atoms with E-state index in [-0.39, 0.29) is 16.5 Å². The maximum Gasteiger partial charge on any atom is 0.420 e. The van der Waals surface area contributed by atoms with Gasteiger partial charge in [0.1, 0.15) is 11.3 Å². The van der Waals surface area contributed by atoms with Gasteiger partial charge in [-0.2, -0.15) is 13.2 Å². The highest BCUT2D eigenvalue weighted by Crippen LogP contribution is 2.41. The molecule has 4 nitrogen and oxygen atoms in total. The van der Waals surface area contributed by atoms with Crippen LogP contribution in [0, 0.1) is 10.1 Å². The van der Waals surface area contributed by atoms with Crippen molar-refractivity contribution in [1.29, 1.82) is 0 Å². The van der Waals surface area contributed by atoms with E-state index in [1.54, 1.807) is 0 Å². The Labute approximate surface area is 111 Å². The standard InChI is InChI=1S/C13H10F3NO3/c1-20-11-5-3-9-6-8(7-17(18)19)2-4-10(9)12(11)13(14,15)16/h2-6H,7H2,1H3. The van der Waals surface area contributed by atoms with Gasteiger partial charge in [-0.05, 0) is 22.9 Å². The average molecular weight is 285 g/mol. The van der Waals surface area contributed by atoms with Crippen molar-refractivity contribution in [1.82, 2.24) is 0 Å². The number of methoxy groups -OCH3 is 1. The molecule has 7 heteroatoms. The summed E-state index contributed by atoms with van der Waals surface area (Å²) in [5.41, 5.74) is -0.522. The van der Waals surface area contributed by atoms with E-state index >= 15 is 0 Å². The van der Waals surface area contributed by atoms with E-state index in [2.05, 4.69) is 0 Å². The Morgan fingerprint density at radius 2 is 1.95 bits per heavy atom. The van der Waals surface area contributed by atoms with Crippen molar-refractivity contribution in [3.63, 3.8) is 0 Å². The van der Waals surface area contributed by atoms with Crippen LogP contribution in [-0.2, 0) is 12.7 Å². The first kappa shape index (κ1) is 14.1. The van der Waals surface area contributed by atoms with Crippen molar-refractivity contribution in [3.8, 4) is 5.75 Å². The van der Waals surface area contributed by atoms with Crippen LogP contribution in [0.5, 0.6) is 5.75 Å². The SMILES string of the molecule is COc1ccc2cc(C[N+](=O)[O-])ccc2c1C(F)(F)F. The van der Waals surface area contributed by atoms with Crippen LogP contribution in [-0.4, -0.2) is 12.0 Å². The monoisotopic (exact) mass is 285 g/mol. The number of hydrogen-bond acceptors (Lipinski definition) is 3. The van der Waals surface area contributed by atoms with E-state index in [0.717, 1.165) is 7.11 Å².